The van der Waals surface area contributed by atoms with Gasteiger partial charge >= 0.3 is 0 Å². The van der Waals surface area contributed by atoms with Crippen LogP contribution in [0, 0.1) is 0 Å². The minimum Gasteiger partial charge on any atom is -0.374 e. The maximum Gasteiger partial charge on any atom is 0.0826 e. The van der Waals surface area contributed by atoms with Gasteiger partial charge in [0.2, 0.25) is 0 Å². The summed E-state index contributed by atoms with van der Waals surface area (Å²) in [6.07, 6.45) is 1.46. The van der Waals surface area contributed by atoms with E-state index < -0.39 is 0 Å². The molecule has 0 aliphatic carbocycles. The number of nitrogens with one attached hydrogen (secondary N) is 1. The van der Waals surface area contributed by atoms with E-state index in [1.165, 1.54) is 16.2 Å². The smallest absolute Gasteiger partial charge is 0.0826 e. The zero-order valence-electron chi connectivity index (χ0n) is 12.5. The molecule has 116 valence electrons. The van der Waals surface area contributed by atoms with E-state index in [1.807, 2.05) is 17.8 Å². The molecule has 0 saturated carbocycles. The number of fused-ring (bicyclic) bond motifs is 1. The monoisotopic (exact) mass is 326 g/mol. The fourth-order valence-electron chi connectivity index (χ4n) is 3.04. The first kappa shape index (κ1) is 15.6. The van der Waals surface area contributed by atoms with Gasteiger partial charge in [0.15, 0.2) is 0 Å². The zero-order chi connectivity index (χ0) is 14.7. The van der Waals surface area contributed by atoms with Crippen LogP contribution in [0.15, 0.2) is 23.1 Å². The lowest BCUT2D eigenvalue weighted by Crippen LogP contribution is -2.47. The molecule has 0 amide bonds. The van der Waals surface area contributed by atoms with Gasteiger partial charge in [0.25, 0.3) is 0 Å². The van der Waals surface area contributed by atoms with E-state index >= 15 is 0 Å². The first-order valence-electron chi connectivity index (χ1n) is 7.76. The van der Waals surface area contributed by atoms with Gasteiger partial charge < -0.3 is 10.1 Å². The summed E-state index contributed by atoms with van der Waals surface area (Å²) in [6, 6.07) is 6.65. The van der Waals surface area contributed by atoms with Gasteiger partial charge in [0.1, 0.15) is 0 Å². The lowest BCUT2D eigenvalue weighted by molar-refractivity contribution is -0.0264. The molecule has 21 heavy (non-hydrogen) atoms. The summed E-state index contributed by atoms with van der Waals surface area (Å²) in [5.74, 6) is 1.17. The average Bonchev–Trinajstić information content (AvgIpc) is 2.53. The van der Waals surface area contributed by atoms with Crippen LogP contribution in [-0.2, 0) is 4.74 Å². The summed E-state index contributed by atoms with van der Waals surface area (Å²) in [5.41, 5.74) is 1.35. The number of likely N-dealkylation sites (N-methyl/N-ethyl adjacent to an activating group) is 1. The van der Waals surface area contributed by atoms with Crippen LogP contribution >= 0.6 is 23.4 Å². The highest BCUT2D eigenvalue weighted by atomic mass is 35.5. The quantitative estimate of drug-likeness (QED) is 0.918. The lowest BCUT2D eigenvalue weighted by atomic mass is 10.0. The summed E-state index contributed by atoms with van der Waals surface area (Å²) in [4.78, 5) is 3.82. The molecule has 0 spiro atoms. The van der Waals surface area contributed by atoms with Gasteiger partial charge in [0, 0.05) is 35.6 Å². The number of thioether (sulfide) groups is 1. The Bertz CT molecular complexity index is 485. The van der Waals surface area contributed by atoms with Crippen molar-refractivity contribution in [2.24, 2.45) is 0 Å². The van der Waals surface area contributed by atoms with Crippen LogP contribution in [0.5, 0.6) is 0 Å². The number of rotatable bonds is 4. The second-order valence-corrected chi connectivity index (χ2v) is 7.24. The highest BCUT2D eigenvalue weighted by molar-refractivity contribution is 7.99. The molecule has 3 nitrogen and oxygen atoms in total. The van der Waals surface area contributed by atoms with E-state index in [0.29, 0.717) is 12.1 Å². The van der Waals surface area contributed by atoms with Crippen molar-refractivity contribution in [3.63, 3.8) is 0 Å². The Morgan fingerprint density at radius 2 is 2.38 bits per heavy atom. The molecular formula is C16H23ClN2OS. The minimum absolute atomic E-state index is 0.302. The number of halogens is 1. The van der Waals surface area contributed by atoms with Gasteiger partial charge in [-0.3, -0.25) is 4.90 Å². The molecule has 2 heterocycles. The molecule has 0 bridgehead atoms. The van der Waals surface area contributed by atoms with Crippen molar-refractivity contribution in [3.8, 4) is 0 Å². The molecule has 5 heteroatoms. The molecule has 2 aliphatic rings. The fourth-order valence-corrected chi connectivity index (χ4v) is 4.33. The van der Waals surface area contributed by atoms with Crippen molar-refractivity contribution in [1.29, 1.82) is 0 Å². The molecule has 2 unspecified atom stereocenters. The third-order valence-electron chi connectivity index (χ3n) is 4.27. The molecule has 1 fully saturated rings. The summed E-state index contributed by atoms with van der Waals surface area (Å²) >= 11 is 8.09. The Balaban J connectivity index is 1.60. The molecule has 1 N–H and O–H groups in total. The molecule has 3 rings (SSSR count). The van der Waals surface area contributed by atoms with Crippen molar-refractivity contribution in [3.05, 3.63) is 28.8 Å². The topological polar surface area (TPSA) is 24.5 Å². The Morgan fingerprint density at radius 1 is 1.48 bits per heavy atom. The first-order chi connectivity index (χ1) is 10.3. The van der Waals surface area contributed by atoms with Gasteiger partial charge in [-0.15, -0.1) is 11.8 Å². The molecule has 2 aliphatic heterocycles. The predicted molar refractivity (Wildman–Crippen MR) is 89.4 cm³/mol. The number of hydrogen-bond acceptors (Lipinski definition) is 4. The van der Waals surface area contributed by atoms with Crippen LogP contribution in [0.25, 0.3) is 0 Å². The van der Waals surface area contributed by atoms with Crippen molar-refractivity contribution in [2.45, 2.75) is 30.4 Å². The largest absolute Gasteiger partial charge is 0.374 e. The SMILES string of the molecule is CCN1CCOC(CNC2CCSc3ccc(Cl)cc32)C1. The Hall–Kier alpha value is -0.260. The van der Waals surface area contributed by atoms with Gasteiger partial charge in [-0.2, -0.15) is 0 Å². The molecule has 1 aromatic carbocycles. The Labute approximate surface area is 136 Å². The maximum atomic E-state index is 6.16. The molecule has 1 saturated heterocycles. The van der Waals surface area contributed by atoms with Crippen molar-refractivity contribution in [2.75, 3.05) is 38.5 Å². The minimum atomic E-state index is 0.302. The van der Waals surface area contributed by atoms with E-state index in [1.54, 1.807) is 0 Å². The number of morpholine rings is 1. The first-order valence-corrected chi connectivity index (χ1v) is 9.12. The Kier molecular flexibility index (Phi) is 5.46. The van der Waals surface area contributed by atoms with Crippen LogP contribution in [0.4, 0.5) is 0 Å². The van der Waals surface area contributed by atoms with E-state index in [9.17, 15) is 0 Å². The second-order valence-electron chi connectivity index (χ2n) is 5.67. The van der Waals surface area contributed by atoms with Gasteiger partial charge in [-0.05, 0) is 42.5 Å². The Morgan fingerprint density at radius 3 is 3.24 bits per heavy atom. The van der Waals surface area contributed by atoms with Gasteiger partial charge in [0.05, 0.1) is 12.7 Å². The number of hydrogen-bond donors (Lipinski definition) is 1. The van der Waals surface area contributed by atoms with E-state index in [-0.39, 0.29) is 0 Å². The highest BCUT2D eigenvalue weighted by Crippen LogP contribution is 2.37. The fraction of sp³-hybridized carbons (Fsp3) is 0.625. The average molecular weight is 327 g/mol. The van der Waals surface area contributed by atoms with Crippen LogP contribution in [0.2, 0.25) is 5.02 Å². The summed E-state index contributed by atoms with van der Waals surface area (Å²) in [5, 5.41) is 4.52. The standard InChI is InChI=1S/C16H23ClN2OS/c1-2-19-6-7-20-13(11-19)10-18-15-5-8-21-16-4-3-12(17)9-14(15)16/h3-4,9,13,15,18H,2,5-8,10-11H2,1H3. The molecule has 2 atom stereocenters. The second kappa shape index (κ2) is 7.34. The van der Waals surface area contributed by atoms with Gasteiger partial charge in [-0.25, -0.2) is 0 Å². The van der Waals surface area contributed by atoms with E-state index in [4.69, 9.17) is 16.3 Å². The number of ether oxygens (including phenoxy) is 1. The molecule has 0 aromatic heterocycles. The van der Waals surface area contributed by atoms with Gasteiger partial charge in [-0.1, -0.05) is 18.5 Å². The van der Waals surface area contributed by atoms with E-state index in [2.05, 4.69) is 29.3 Å². The molecule has 1 aromatic rings. The van der Waals surface area contributed by atoms with Crippen LogP contribution < -0.4 is 5.32 Å². The van der Waals surface area contributed by atoms with Crippen LogP contribution in [-0.4, -0.2) is 49.5 Å². The molecule has 0 radical (unpaired) electrons. The summed E-state index contributed by atoms with van der Waals surface area (Å²) < 4.78 is 5.88. The maximum absolute atomic E-state index is 6.16. The number of nitrogens with zero attached hydrogens (tertiary/aromatic N) is 1. The van der Waals surface area contributed by atoms with Crippen molar-refractivity contribution in [1.82, 2.24) is 10.2 Å². The molecular weight excluding hydrogens is 304 g/mol. The van der Waals surface area contributed by atoms with Crippen molar-refractivity contribution < 1.29 is 4.74 Å². The van der Waals surface area contributed by atoms with Crippen LogP contribution in [0.1, 0.15) is 24.9 Å². The lowest BCUT2D eigenvalue weighted by Gasteiger charge is -2.34. The summed E-state index contributed by atoms with van der Waals surface area (Å²) in [7, 11) is 0. The summed E-state index contributed by atoms with van der Waals surface area (Å²) in [6.45, 7) is 7.19. The third kappa shape index (κ3) is 3.93. The normalized spacial score (nSPS) is 26.6. The zero-order valence-corrected chi connectivity index (χ0v) is 14.1. The predicted octanol–water partition coefficient (Wildman–Crippen LogP) is 3.19. The van der Waals surface area contributed by atoms with Crippen LogP contribution in [0.3, 0.4) is 0 Å². The third-order valence-corrected chi connectivity index (χ3v) is 5.63. The van der Waals surface area contributed by atoms with E-state index in [0.717, 1.165) is 44.2 Å². The number of benzene rings is 1. The van der Waals surface area contributed by atoms with Crippen molar-refractivity contribution >= 4 is 23.4 Å². The highest BCUT2D eigenvalue weighted by Gasteiger charge is 2.24.